The van der Waals surface area contributed by atoms with Crippen LogP contribution in [0.2, 0.25) is 0 Å². The minimum atomic E-state index is 0.791. The summed E-state index contributed by atoms with van der Waals surface area (Å²) in [7, 11) is 0. The normalized spacial score (nSPS) is 17.4. The van der Waals surface area contributed by atoms with Gasteiger partial charge in [-0.1, -0.05) is 0 Å². The zero-order chi connectivity index (χ0) is 12.1. The number of anilines is 1. The Morgan fingerprint density at radius 1 is 1.35 bits per heavy atom. The van der Waals surface area contributed by atoms with Crippen molar-refractivity contribution < 1.29 is 0 Å². The average molecular weight is 312 g/mol. The molecular weight excluding hydrogens is 295 g/mol. The quantitative estimate of drug-likeness (QED) is 0.716. The fourth-order valence-corrected chi connectivity index (χ4v) is 2.73. The number of piperazine rings is 1. The molecular formula is C11H17AsN4S. The zero-order valence-electron chi connectivity index (χ0n) is 10.0. The van der Waals surface area contributed by atoms with Crippen LogP contribution in [0.3, 0.4) is 0 Å². The fourth-order valence-electron chi connectivity index (χ4n) is 1.94. The van der Waals surface area contributed by atoms with Crippen LogP contribution in [0.4, 0.5) is 5.82 Å². The average Bonchev–Trinajstić information content (AvgIpc) is 2.37. The summed E-state index contributed by atoms with van der Waals surface area (Å²) in [6.07, 6.45) is 3.99. The van der Waals surface area contributed by atoms with Gasteiger partial charge in [-0.25, -0.2) is 0 Å². The summed E-state index contributed by atoms with van der Waals surface area (Å²) in [5.74, 6) is 2.28. The number of hydrogen-bond donors (Lipinski definition) is 0. The van der Waals surface area contributed by atoms with E-state index in [1.54, 1.807) is 0 Å². The van der Waals surface area contributed by atoms with Gasteiger partial charge in [-0.15, -0.1) is 0 Å². The summed E-state index contributed by atoms with van der Waals surface area (Å²) >= 11 is 4.32. The first kappa shape index (κ1) is 13.2. The first-order valence-corrected chi connectivity index (χ1v) is 8.11. The third-order valence-corrected chi connectivity index (χ3v) is 3.98. The molecule has 0 atom stereocenters. The summed E-state index contributed by atoms with van der Waals surface area (Å²) in [5, 5.41) is 0. The molecule has 6 heteroatoms. The van der Waals surface area contributed by atoms with E-state index in [0.29, 0.717) is 0 Å². The molecule has 0 N–H and O–H groups in total. The molecule has 1 aromatic rings. The van der Waals surface area contributed by atoms with Gasteiger partial charge in [0.05, 0.1) is 0 Å². The minimum absolute atomic E-state index is 0.791. The van der Waals surface area contributed by atoms with Gasteiger partial charge in [0.15, 0.2) is 0 Å². The first-order chi connectivity index (χ1) is 8.29. The van der Waals surface area contributed by atoms with Crippen LogP contribution in [-0.4, -0.2) is 76.5 Å². The van der Waals surface area contributed by atoms with Gasteiger partial charge in [0.2, 0.25) is 0 Å². The molecule has 1 aliphatic heterocycles. The number of aromatic nitrogens is 2. The van der Waals surface area contributed by atoms with E-state index in [-0.39, 0.29) is 0 Å². The van der Waals surface area contributed by atoms with Gasteiger partial charge >= 0.3 is 116 Å². The van der Waals surface area contributed by atoms with Crippen LogP contribution in [0.5, 0.6) is 0 Å². The topological polar surface area (TPSA) is 32.3 Å². The van der Waals surface area contributed by atoms with Gasteiger partial charge in [-0.05, 0) is 0 Å². The second-order valence-electron chi connectivity index (χ2n) is 4.04. The maximum absolute atomic E-state index is 4.45. The predicted molar refractivity (Wildman–Crippen MR) is 74.5 cm³/mol. The Hall–Kier alpha value is -0.252. The maximum atomic E-state index is 4.45. The zero-order valence-corrected chi connectivity index (χ0v) is 12.7. The van der Waals surface area contributed by atoms with Crippen LogP contribution in [-0.2, 0) is 0 Å². The fraction of sp³-hybridized carbons (Fsp3) is 0.636. The van der Waals surface area contributed by atoms with Gasteiger partial charge in [0.1, 0.15) is 0 Å². The molecule has 4 nitrogen and oxygen atoms in total. The number of nitrogens with zero attached hydrogens (tertiary/aromatic N) is 4. The number of hydrogen-bond acceptors (Lipinski definition) is 5. The summed E-state index contributed by atoms with van der Waals surface area (Å²) in [6, 6.07) is 1.99. The Morgan fingerprint density at radius 2 is 2.12 bits per heavy atom. The van der Waals surface area contributed by atoms with Gasteiger partial charge in [-0.3, -0.25) is 0 Å². The first-order valence-electron chi connectivity index (χ1n) is 5.78. The van der Waals surface area contributed by atoms with E-state index in [4.69, 9.17) is 0 Å². The molecule has 0 unspecified atom stereocenters. The summed E-state index contributed by atoms with van der Waals surface area (Å²) in [4.78, 5) is 13.4. The second kappa shape index (κ2) is 6.62. The molecule has 0 bridgehead atoms. The molecule has 0 saturated carbocycles. The third-order valence-electron chi connectivity index (χ3n) is 2.94. The van der Waals surface area contributed by atoms with Gasteiger partial charge in [-0.2, -0.15) is 0 Å². The van der Waals surface area contributed by atoms with Crippen LogP contribution >= 0.6 is 11.8 Å². The van der Waals surface area contributed by atoms with Gasteiger partial charge < -0.3 is 0 Å². The molecule has 2 heterocycles. The molecule has 1 saturated heterocycles. The molecule has 0 aliphatic carbocycles. The Kier molecular flexibility index (Phi) is 5.13. The van der Waals surface area contributed by atoms with Crippen molar-refractivity contribution in [2.24, 2.45) is 0 Å². The van der Waals surface area contributed by atoms with Crippen molar-refractivity contribution in [2.75, 3.05) is 49.6 Å². The van der Waals surface area contributed by atoms with E-state index in [1.165, 1.54) is 12.3 Å². The van der Waals surface area contributed by atoms with Gasteiger partial charge in [0, 0.05) is 0 Å². The van der Waals surface area contributed by atoms with E-state index < -0.39 is 0 Å². The molecule has 1 aromatic heterocycles. The van der Waals surface area contributed by atoms with Crippen molar-refractivity contribution in [1.82, 2.24) is 14.9 Å². The van der Waals surface area contributed by atoms with Crippen LogP contribution in [0.25, 0.3) is 0 Å². The third kappa shape index (κ3) is 3.87. The molecule has 0 amide bonds. The molecule has 1 fully saturated rings. The van der Waals surface area contributed by atoms with Crippen molar-refractivity contribution in [3.8, 4) is 0 Å². The van der Waals surface area contributed by atoms with E-state index in [2.05, 4.69) is 42.9 Å². The second-order valence-corrected chi connectivity index (χ2v) is 5.86. The molecule has 0 aromatic carbocycles. The summed E-state index contributed by atoms with van der Waals surface area (Å²) < 4.78 is 0.791. The van der Waals surface area contributed by atoms with E-state index in [1.807, 2.05) is 24.0 Å². The van der Waals surface area contributed by atoms with Crippen LogP contribution < -0.4 is 9.51 Å². The van der Waals surface area contributed by atoms with Crippen molar-refractivity contribution in [3.05, 3.63) is 12.3 Å². The standard InChI is InChI=1S/C11H17AsN4S/c1-17-9-8-15-4-6-16(7-5-15)10-2-3-13-11(12)14-10/h2-3H,4-9H2,1H3. The Balaban J connectivity index is 1.86. The number of thioether (sulfide) groups is 1. The van der Waals surface area contributed by atoms with Crippen molar-refractivity contribution in [1.29, 1.82) is 0 Å². The predicted octanol–water partition coefficient (Wildman–Crippen LogP) is -0.245. The molecule has 1 aliphatic rings. The van der Waals surface area contributed by atoms with E-state index in [0.717, 1.165) is 36.6 Å². The Morgan fingerprint density at radius 3 is 2.76 bits per heavy atom. The molecule has 0 spiro atoms. The Bertz CT molecular complexity index is 355. The van der Waals surface area contributed by atoms with Crippen LogP contribution in [0.15, 0.2) is 12.3 Å². The Labute approximate surface area is 116 Å². The van der Waals surface area contributed by atoms with Crippen molar-refractivity contribution >= 4 is 39.0 Å². The molecule has 2 rings (SSSR count). The monoisotopic (exact) mass is 312 g/mol. The van der Waals surface area contributed by atoms with Crippen LogP contribution in [0, 0.1) is 0 Å². The summed E-state index contributed by atoms with van der Waals surface area (Å²) in [6.45, 7) is 5.61. The summed E-state index contributed by atoms with van der Waals surface area (Å²) in [5.41, 5.74) is 0. The van der Waals surface area contributed by atoms with Crippen molar-refractivity contribution in [2.45, 2.75) is 0 Å². The van der Waals surface area contributed by atoms with E-state index >= 15 is 0 Å². The molecule has 17 heavy (non-hydrogen) atoms. The van der Waals surface area contributed by atoms with Crippen LogP contribution in [0.1, 0.15) is 0 Å². The SMILES string of the molecule is CSCCN1CCN(c2ccnc([As])n2)CC1. The van der Waals surface area contributed by atoms with Gasteiger partial charge in [0.25, 0.3) is 0 Å². The number of rotatable bonds is 4. The van der Waals surface area contributed by atoms with E-state index in [9.17, 15) is 0 Å². The molecule has 2 radical (unpaired) electrons. The molecule has 92 valence electrons. The van der Waals surface area contributed by atoms with Crippen molar-refractivity contribution in [3.63, 3.8) is 0 Å².